The lowest BCUT2D eigenvalue weighted by molar-refractivity contribution is -0.249. The molecule has 0 spiro atoms. The first-order valence-electron chi connectivity index (χ1n) is 14.0. The Balaban J connectivity index is 1.62. The van der Waals surface area contributed by atoms with Gasteiger partial charge in [0.15, 0.2) is 0 Å². The summed E-state index contributed by atoms with van der Waals surface area (Å²) in [5.41, 5.74) is 4.18. The van der Waals surface area contributed by atoms with E-state index in [1.165, 1.54) is 57.8 Å². The highest BCUT2D eigenvalue weighted by molar-refractivity contribution is 5.35. The first-order valence-corrected chi connectivity index (χ1v) is 14.0. The predicted octanol–water partition coefficient (Wildman–Crippen LogP) is 8.56. The SMILES string of the molecule is CC1(C)CC[C@]2(C)CC[C@]3(C)C(=CC[C@@]4(C)[C@@]3(C)CC[C@H]3C(C)(C)[C@@H](O)CC[C@@]34C)[C@@H]2C1. The van der Waals surface area contributed by atoms with E-state index in [2.05, 4.69) is 68.4 Å². The van der Waals surface area contributed by atoms with Crippen molar-refractivity contribution in [3.63, 3.8) is 0 Å². The van der Waals surface area contributed by atoms with Crippen LogP contribution in [-0.4, -0.2) is 11.2 Å². The molecule has 1 N–H and O–H groups in total. The van der Waals surface area contributed by atoms with Crippen LogP contribution in [-0.2, 0) is 0 Å². The molecule has 0 aromatic heterocycles. The van der Waals surface area contributed by atoms with Gasteiger partial charge in [0.1, 0.15) is 0 Å². The fourth-order valence-electron chi connectivity index (χ4n) is 10.9. The second kappa shape index (κ2) is 6.47. The van der Waals surface area contributed by atoms with Crippen molar-refractivity contribution in [2.75, 3.05) is 0 Å². The van der Waals surface area contributed by atoms with Crippen LogP contribution in [0.25, 0.3) is 0 Å². The van der Waals surface area contributed by atoms with Crippen molar-refractivity contribution in [1.29, 1.82) is 0 Å². The van der Waals surface area contributed by atoms with E-state index in [4.69, 9.17) is 0 Å². The Hall–Kier alpha value is -0.300. The van der Waals surface area contributed by atoms with Gasteiger partial charge in [0.25, 0.3) is 0 Å². The third-order valence-corrected chi connectivity index (χ3v) is 14.0. The zero-order valence-electron chi connectivity index (χ0n) is 22.8. The summed E-state index contributed by atoms with van der Waals surface area (Å²) in [4.78, 5) is 0. The summed E-state index contributed by atoms with van der Waals surface area (Å²) in [6.07, 6.45) is 15.7. The van der Waals surface area contributed by atoms with Crippen LogP contribution >= 0.6 is 0 Å². The zero-order chi connectivity index (χ0) is 23.6. The quantitative estimate of drug-likeness (QED) is 0.374. The van der Waals surface area contributed by atoms with E-state index in [1.54, 1.807) is 0 Å². The molecule has 5 rings (SSSR count). The molecule has 0 aliphatic heterocycles. The molecule has 8 atom stereocenters. The van der Waals surface area contributed by atoms with Gasteiger partial charge >= 0.3 is 0 Å². The van der Waals surface area contributed by atoms with Gasteiger partial charge in [-0.25, -0.2) is 0 Å². The van der Waals surface area contributed by atoms with E-state index in [0.29, 0.717) is 38.4 Å². The molecular formula is C31H52O. The summed E-state index contributed by atoms with van der Waals surface area (Å²) >= 11 is 0. The van der Waals surface area contributed by atoms with E-state index in [1.807, 2.05) is 5.57 Å². The minimum atomic E-state index is -0.140. The highest BCUT2D eigenvalue weighted by Crippen LogP contribution is 2.79. The maximum atomic E-state index is 11.0. The molecule has 4 fully saturated rings. The molecule has 5 aliphatic rings. The molecule has 1 heteroatoms. The summed E-state index contributed by atoms with van der Waals surface area (Å²) in [7, 11) is 0. The Morgan fingerprint density at radius 2 is 1.41 bits per heavy atom. The van der Waals surface area contributed by atoms with E-state index < -0.39 is 0 Å². The maximum Gasteiger partial charge on any atom is 0.0594 e. The molecule has 182 valence electrons. The number of allylic oxidation sites excluding steroid dienone is 2. The standard InChI is InChI=1S/C31H52O/c1-25(2)16-17-27(5)18-19-28(6)21(22(27)20-25)10-14-31(9)29(7)13-12-24(32)26(3,4)23(29)11-15-30(28,31)8/h10,22-24,32H,11-20H2,1-9H3/t22-,23-,24-,27+,28+,29-,30-,31+/m0/s1. The molecule has 0 unspecified atom stereocenters. The molecule has 0 heterocycles. The lowest BCUT2D eigenvalue weighted by Gasteiger charge is -2.75. The van der Waals surface area contributed by atoms with Crippen molar-refractivity contribution < 1.29 is 5.11 Å². The smallest absolute Gasteiger partial charge is 0.0594 e. The van der Waals surface area contributed by atoms with Gasteiger partial charge < -0.3 is 5.11 Å². The number of hydrogen-bond acceptors (Lipinski definition) is 1. The van der Waals surface area contributed by atoms with Gasteiger partial charge in [-0.1, -0.05) is 74.0 Å². The fraction of sp³-hybridized carbons (Fsp3) is 0.935. The second-order valence-corrected chi connectivity index (χ2v) is 15.8. The van der Waals surface area contributed by atoms with Gasteiger partial charge in [0.05, 0.1) is 6.10 Å². The van der Waals surface area contributed by atoms with E-state index in [0.717, 1.165) is 12.3 Å². The lowest BCUT2D eigenvalue weighted by Crippen LogP contribution is -2.69. The largest absolute Gasteiger partial charge is 0.393 e. The Bertz CT molecular complexity index is 835. The van der Waals surface area contributed by atoms with Crippen molar-refractivity contribution in [2.24, 2.45) is 49.7 Å². The second-order valence-electron chi connectivity index (χ2n) is 15.8. The van der Waals surface area contributed by atoms with Gasteiger partial charge in [0, 0.05) is 0 Å². The monoisotopic (exact) mass is 440 g/mol. The minimum absolute atomic E-state index is 0.0285. The van der Waals surface area contributed by atoms with Crippen LogP contribution in [0.4, 0.5) is 0 Å². The summed E-state index contributed by atoms with van der Waals surface area (Å²) in [6, 6.07) is 0. The van der Waals surface area contributed by atoms with Crippen LogP contribution in [0.5, 0.6) is 0 Å². The maximum absolute atomic E-state index is 11.0. The summed E-state index contributed by atoms with van der Waals surface area (Å²) in [5, 5.41) is 11.0. The summed E-state index contributed by atoms with van der Waals surface area (Å²) < 4.78 is 0. The van der Waals surface area contributed by atoms with Gasteiger partial charge in [-0.05, 0) is 114 Å². The molecule has 0 radical (unpaired) electrons. The average molecular weight is 441 g/mol. The third-order valence-electron chi connectivity index (χ3n) is 14.0. The minimum Gasteiger partial charge on any atom is -0.393 e. The number of aliphatic hydroxyl groups excluding tert-OH is 1. The summed E-state index contributed by atoms with van der Waals surface area (Å²) in [5.74, 6) is 1.40. The van der Waals surface area contributed by atoms with Crippen LogP contribution in [0.3, 0.4) is 0 Å². The summed E-state index contributed by atoms with van der Waals surface area (Å²) in [6.45, 7) is 23.2. The number of aliphatic hydroxyl groups is 1. The third kappa shape index (κ3) is 2.56. The molecule has 1 nitrogen and oxygen atoms in total. The average Bonchev–Trinajstić information content (AvgIpc) is 2.69. The Labute approximate surface area is 199 Å². The molecule has 0 bridgehead atoms. The van der Waals surface area contributed by atoms with Gasteiger partial charge in [-0.2, -0.15) is 0 Å². The van der Waals surface area contributed by atoms with Crippen LogP contribution in [0.15, 0.2) is 11.6 Å². The zero-order valence-corrected chi connectivity index (χ0v) is 22.8. The first kappa shape index (κ1) is 23.4. The van der Waals surface area contributed by atoms with Crippen molar-refractivity contribution in [3.8, 4) is 0 Å². The molecule has 5 aliphatic carbocycles. The van der Waals surface area contributed by atoms with Gasteiger partial charge in [-0.3, -0.25) is 0 Å². The number of hydrogen-bond donors (Lipinski definition) is 1. The topological polar surface area (TPSA) is 20.2 Å². The molecule has 0 aromatic rings. The Morgan fingerprint density at radius 1 is 0.750 bits per heavy atom. The highest BCUT2D eigenvalue weighted by atomic mass is 16.3. The first-order chi connectivity index (χ1) is 14.6. The fourth-order valence-corrected chi connectivity index (χ4v) is 10.9. The van der Waals surface area contributed by atoms with E-state index in [9.17, 15) is 5.11 Å². The molecule has 32 heavy (non-hydrogen) atoms. The molecule has 0 aromatic carbocycles. The molecular weight excluding hydrogens is 388 g/mol. The molecule has 0 amide bonds. The van der Waals surface area contributed by atoms with Crippen LogP contribution in [0, 0.1) is 49.7 Å². The number of rotatable bonds is 0. The van der Waals surface area contributed by atoms with Crippen molar-refractivity contribution in [1.82, 2.24) is 0 Å². The molecule has 0 saturated heterocycles. The highest BCUT2D eigenvalue weighted by Gasteiger charge is 2.72. The van der Waals surface area contributed by atoms with Crippen LogP contribution < -0.4 is 0 Å². The predicted molar refractivity (Wildman–Crippen MR) is 135 cm³/mol. The van der Waals surface area contributed by atoms with Crippen LogP contribution in [0.2, 0.25) is 0 Å². The molecule has 4 saturated carbocycles. The normalized spacial score (nSPS) is 56.2. The van der Waals surface area contributed by atoms with Gasteiger partial charge in [-0.15, -0.1) is 0 Å². The lowest BCUT2D eigenvalue weighted by atomic mass is 9.29. The Kier molecular flexibility index (Phi) is 4.74. The van der Waals surface area contributed by atoms with E-state index in [-0.39, 0.29) is 11.5 Å². The van der Waals surface area contributed by atoms with Crippen molar-refractivity contribution in [2.45, 2.75) is 133 Å². The number of fused-ring (bicyclic) bond motifs is 7. The van der Waals surface area contributed by atoms with Crippen molar-refractivity contribution >= 4 is 0 Å². The Morgan fingerprint density at radius 3 is 2.09 bits per heavy atom. The van der Waals surface area contributed by atoms with E-state index >= 15 is 0 Å². The van der Waals surface area contributed by atoms with Crippen LogP contribution in [0.1, 0.15) is 127 Å². The van der Waals surface area contributed by atoms with Crippen molar-refractivity contribution in [3.05, 3.63) is 11.6 Å². The van der Waals surface area contributed by atoms with Gasteiger partial charge in [0.2, 0.25) is 0 Å².